The summed E-state index contributed by atoms with van der Waals surface area (Å²) < 4.78 is 0.985. The number of hydrogen-bond acceptors (Lipinski definition) is 2. The summed E-state index contributed by atoms with van der Waals surface area (Å²) in [6.45, 7) is 4.59. The van der Waals surface area contributed by atoms with E-state index < -0.39 is 0 Å². The van der Waals surface area contributed by atoms with Crippen molar-refractivity contribution in [2.75, 3.05) is 11.9 Å². The van der Waals surface area contributed by atoms with Gasteiger partial charge in [0.2, 0.25) is 0 Å². The highest BCUT2D eigenvalue weighted by Gasteiger charge is 2.15. The Bertz CT molecular complexity index is 410. The van der Waals surface area contributed by atoms with Crippen LogP contribution in [0.4, 0.5) is 5.69 Å². The fourth-order valence-corrected chi connectivity index (χ4v) is 1.74. The maximum Gasteiger partial charge on any atom is 0.0684 e. The number of nitriles is 1. The van der Waals surface area contributed by atoms with Crippen molar-refractivity contribution < 1.29 is 0 Å². The van der Waals surface area contributed by atoms with Crippen LogP contribution in [0, 0.1) is 16.7 Å². The molecule has 0 bridgehead atoms. The van der Waals surface area contributed by atoms with Crippen molar-refractivity contribution in [3.8, 4) is 6.07 Å². The molecule has 16 heavy (non-hydrogen) atoms. The van der Waals surface area contributed by atoms with Crippen LogP contribution in [-0.4, -0.2) is 6.54 Å². The SMILES string of the molecule is CC(C)(C#N)CCNc1cc(Br)ccc1Cl. The standard InChI is InChI=1S/C12H14BrClN2/c1-12(2,8-15)5-6-16-11-7-9(13)3-4-10(11)14/h3-4,7,16H,5-6H2,1-2H3. The summed E-state index contributed by atoms with van der Waals surface area (Å²) in [6.07, 6.45) is 0.784. The van der Waals surface area contributed by atoms with E-state index in [1.807, 2.05) is 32.0 Å². The van der Waals surface area contributed by atoms with Crippen LogP contribution in [0.1, 0.15) is 20.3 Å². The number of benzene rings is 1. The molecule has 0 unspecified atom stereocenters. The van der Waals surface area contributed by atoms with Crippen molar-refractivity contribution in [1.82, 2.24) is 0 Å². The smallest absolute Gasteiger partial charge is 0.0684 e. The highest BCUT2D eigenvalue weighted by Crippen LogP contribution is 2.26. The van der Waals surface area contributed by atoms with E-state index in [-0.39, 0.29) is 5.41 Å². The van der Waals surface area contributed by atoms with Gasteiger partial charge in [-0.2, -0.15) is 5.26 Å². The first-order chi connectivity index (χ1) is 7.44. The number of rotatable bonds is 4. The van der Waals surface area contributed by atoms with Gasteiger partial charge in [-0.1, -0.05) is 27.5 Å². The van der Waals surface area contributed by atoms with Crippen LogP contribution < -0.4 is 5.32 Å². The third kappa shape index (κ3) is 4.03. The number of halogens is 2. The van der Waals surface area contributed by atoms with Crippen molar-refractivity contribution >= 4 is 33.2 Å². The second kappa shape index (κ2) is 5.56. The predicted octanol–water partition coefficient (Wildman–Crippen LogP) is 4.45. The molecule has 0 aliphatic heterocycles. The fraction of sp³-hybridized carbons (Fsp3) is 0.417. The largest absolute Gasteiger partial charge is 0.384 e. The maximum atomic E-state index is 8.88. The molecule has 1 N–H and O–H groups in total. The molecule has 0 saturated carbocycles. The Morgan fingerprint density at radius 3 is 2.81 bits per heavy atom. The number of nitrogens with one attached hydrogen (secondary N) is 1. The molecule has 4 heteroatoms. The zero-order valence-electron chi connectivity index (χ0n) is 9.35. The highest BCUT2D eigenvalue weighted by atomic mass is 79.9. The van der Waals surface area contributed by atoms with Gasteiger partial charge >= 0.3 is 0 Å². The number of anilines is 1. The Labute approximate surface area is 110 Å². The minimum atomic E-state index is -0.300. The predicted molar refractivity (Wildman–Crippen MR) is 71.7 cm³/mol. The van der Waals surface area contributed by atoms with E-state index in [1.54, 1.807) is 0 Å². The van der Waals surface area contributed by atoms with Gasteiger partial charge in [0.25, 0.3) is 0 Å². The van der Waals surface area contributed by atoms with Crippen LogP contribution in [0.5, 0.6) is 0 Å². The average molecular weight is 302 g/mol. The summed E-state index contributed by atoms with van der Waals surface area (Å²) in [6, 6.07) is 7.94. The second-order valence-corrected chi connectivity index (χ2v) is 5.62. The molecule has 0 atom stereocenters. The van der Waals surface area contributed by atoms with Gasteiger partial charge in [0, 0.05) is 11.0 Å². The summed E-state index contributed by atoms with van der Waals surface area (Å²) >= 11 is 9.42. The zero-order valence-corrected chi connectivity index (χ0v) is 11.7. The Hall–Kier alpha value is -0.720. The van der Waals surface area contributed by atoms with Gasteiger partial charge in [-0.25, -0.2) is 0 Å². The molecule has 1 aromatic rings. The third-order valence-electron chi connectivity index (χ3n) is 2.30. The molecule has 0 radical (unpaired) electrons. The van der Waals surface area contributed by atoms with Crippen LogP contribution in [-0.2, 0) is 0 Å². The lowest BCUT2D eigenvalue weighted by molar-refractivity contribution is 0.466. The topological polar surface area (TPSA) is 35.8 Å². The van der Waals surface area contributed by atoms with Crippen LogP contribution in [0.15, 0.2) is 22.7 Å². The minimum absolute atomic E-state index is 0.300. The summed E-state index contributed by atoms with van der Waals surface area (Å²) in [4.78, 5) is 0. The molecule has 0 heterocycles. The van der Waals surface area contributed by atoms with E-state index in [0.717, 1.165) is 23.1 Å². The Morgan fingerprint density at radius 2 is 2.19 bits per heavy atom. The van der Waals surface area contributed by atoms with Crippen LogP contribution in [0.2, 0.25) is 5.02 Å². The van der Waals surface area contributed by atoms with Crippen LogP contribution in [0.25, 0.3) is 0 Å². The van der Waals surface area contributed by atoms with E-state index in [2.05, 4.69) is 27.3 Å². The van der Waals surface area contributed by atoms with Gasteiger partial charge in [-0.05, 0) is 38.5 Å². The second-order valence-electron chi connectivity index (χ2n) is 4.30. The number of nitrogens with zero attached hydrogens (tertiary/aromatic N) is 1. The molecule has 1 aromatic carbocycles. The summed E-state index contributed by atoms with van der Waals surface area (Å²) in [5, 5.41) is 12.8. The lowest BCUT2D eigenvalue weighted by Gasteiger charge is -2.16. The molecule has 2 nitrogen and oxygen atoms in total. The van der Waals surface area contributed by atoms with E-state index in [0.29, 0.717) is 5.02 Å². The van der Waals surface area contributed by atoms with Crippen molar-refractivity contribution in [3.05, 3.63) is 27.7 Å². The van der Waals surface area contributed by atoms with Gasteiger partial charge in [-0.15, -0.1) is 0 Å². The molecule has 0 aliphatic carbocycles. The molecule has 0 saturated heterocycles. The van der Waals surface area contributed by atoms with E-state index in [9.17, 15) is 0 Å². The van der Waals surface area contributed by atoms with Gasteiger partial charge in [0.05, 0.1) is 22.2 Å². The summed E-state index contributed by atoms with van der Waals surface area (Å²) in [5.41, 5.74) is 0.593. The Kier molecular flexibility index (Phi) is 4.64. The minimum Gasteiger partial charge on any atom is -0.384 e. The van der Waals surface area contributed by atoms with E-state index in [1.165, 1.54) is 0 Å². The number of hydrogen-bond donors (Lipinski definition) is 1. The molecule has 0 fully saturated rings. The molecule has 0 aliphatic rings. The quantitative estimate of drug-likeness (QED) is 0.891. The Balaban J connectivity index is 2.56. The molecule has 0 spiro atoms. The molecule has 0 aromatic heterocycles. The molecular weight excluding hydrogens is 288 g/mol. The lowest BCUT2D eigenvalue weighted by atomic mass is 9.91. The van der Waals surface area contributed by atoms with E-state index >= 15 is 0 Å². The van der Waals surface area contributed by atoms with Gasteiger partial charge in [0.1, 0.15) is 0 Å². The first-order valence-corrected chi connectivity index (χ1v) is 6.22. The molecule has 0 amide bonds. The van der Waals surface area contributed by atoms with Gasteiger partial charge in [0.15, 0.2) is 0 Å². The van der Waals surface area contributed by atoms with E-state index in [4.69, 9.17) is 16.9 Å². The van der Waals surface area contributed by atoms with Crippen molar-refractivity contribution in [3.63, 3.8) is 0 Å². The monoisotopic (exact) mass is 300 g/mol. The first kappa shape index (κ1) is 13.3. The summed E-state index contributed by atoms with van der Waals surface area (Å²) in [7, 11) is 0. The van der Waals surface area contributed by atoms with Crippen molar-refractivity contribution in [1.29, 1.82) is 5.26 Å². The van der Waals surface area contributed by atoms with Gasteiger partial charge < -0.3 is 5.32 Å². The molecule has 1 rings (SSSR count). The normalized spacial score (nSPS) is 10.9. The first-order valence-electron chi connectivity index (χ1n) is 5.05. The average Bonchev–Trinajstić information content (AvgIpc) is 2.23. The van der Waals surface area contributed by atoms with Gasteiger partial charge in [-0.3, -0.25) is 0 Å². The van der Waals surface area contributed by atoms with Crippen molar-refractivity contribution in [2.45, 2.75) is 20.3 Å². The molecule has 86 valence electrons. The Morgan fingerprint density at radius 1 is 1.50 bits per heavy atom. The summed E-state index contributed by atoms with van der Waals surface area (Å²) in [5.74, 6) is 0. The lowest BCUT2D eigenvalue weighted by Crippen LogP contribution is -2.14. The fourth-order valence-electron chi connectivity index (χ4n) is 1.20. The van der Waals surface area contributed by atoms with Crippen molar-refractivity contribution in [2.24, 2.45) is 5.41 Å². The zero-order chi connectivity index (χ0) is 12.2. The maximum absolute atomic E-state index is 8.88. The highest BCUT2D eigenvalue weighted by molar-refractivity contribution is 9.10. The molecular formula is C12H14BrClN2. The third-order valence-corrected chi connectivity index (χ3v) is 3.12. The van der Waals surface area contributed by atoms with Crippen LogP contribution in [0.3, 0.4) is 0 Å². The van der Waals surface area contributed by atoms with Crippen LogP contribution >= 0.6 is 27.5 Å².